The molecule has 0 unspecified atom stereocenters. The number of hydrogen-bond donors (Lipinski definition) is 2. The molecule has 4 heterocycles. The van der Waals surface area contributed by atoms with Gasteiger partial charge in [-0.1, -0.05) is 0 Å². The van der Waals surface area contributed by atoms with E-state index in [9.17, 15) is 13.9 Å². The minimum absolute atomic E-state index is 0.101. The van der Waals surface area contributed by atoms with E-state index in [1.165, 1.54) is 11.3 Å². The van der Waals surface area contributed by atoms with E-state index in [4.69, 9.17) is 4.98 Å². The molecule has 0 aliphatic heterocycles. The van der Waals surface area contributed by atoms with Gasteiger partial charge in [-0.15, -0.1) is 11.3 Å². The van der Waals surface area contributed by atoms with E-state index < -0.39 is 17.9 Å². The molecule has 0 bridgehead atoms. The summed E-state index contributed by atoms with van der Waals surface area (Å²) < 4.78 is 25.5. The molecule has 0 aromatic carbocycles. The van der Waals surface area contributed by atoms with Crippen LogP contribution in [-0.2, 0) is 5.60 Å². The maximum Gasteiger partial charge on any atom is 0.241 e. The highest BCUT2D eigenvalue weighted by atomic mass is 32.1. The third-order valence-electron chi connectivity index (χ3n) is 5.15. The van der Waals surface area contributed by atoms with Crippen molar-refractivity contribution in [2.75, 3.05) is 0 Å². The van der Waals surface area contributed by atoms with Crippen molar-refractivity contribution < 1.29 is 13.9 Å². The van der Waals surface area contributed by atoms with Gasteiger partial charge >= 0.3 is 0 Å². The van der Waals surface area contributed by atoms with Crippen molar-refractivity contribution in [2.45, 2.75) is 31.8 Å². The molecule has 4 aromatic rings. The lowest BCUT2D eigenvalue weighted by Crippen LogP contribution is -2.43. The number of imidazole rings is 1. The number of H-pyrrole nitrogens is 1. The van der Waals surface area contributed by atoms with Crippen LogP contribution in [0.2, 0.25) is 0 Å². The highest BCUT2D eigenvalue weighted by Crippen LogP contribution is 2.50. The number of aromatic nitrogens is 4. The molecule has 27 heavy (non-hydrogen) atoms. The average Bonchev–Trinajstić information content (AvgIpc) is 3.19. The van der Waals surface area contributed by atoms with E-state index in [2.05, 4.69) is 15.0 Å². The number of fused-ring (bicyclic) bond motifs is 2. The summed E-state index contributed by atoms with van der Waals surface area (Å²) in [5.74, 6) is 0.0798. The van der Waals surface area contributed by atoms with E-state index in [0.29, 0.717) is 10.5 Å². The van der Waals surface area contributed by atoms with Gasteiger partial charge in [-0.2, -0.15) is 0 Å². The number of aryl methyl sites for hydroxylation is 1. The van der Waals surface area contributed by atoms with Crippen LogP contribution in [-0.4, -0.2) is 31.5 Å². The van der Waals surface area contributed by atoms with E-state index in [0.717, 1.165) is 32.8 Å². The second-order valence-electron chi connectivity index (χ2n) is 7.15. The number of alkyl halides is 2. The summed E-state index contributed by atoms with van der Waals surface area (Å²) in [6.45, 7) is 1.88. The van der Waals surface area contributed by atoms with Crippen LogP contribution < -0.4 is 0 Å². The predicted octanol–water partition coefficient (Wildman–Crippen LogP) is 4.41. The Morgan fingerprint density at radius 2 is 2.07 bits per heavy atom. The number of halogens is 2. The zero-order chi connectivity index (χ0) is 18.8. The topological polar surface area (TPSA) is 74.7 Å². The number of thiophene rings is 1. The minimum Gasteiger partial charge on any atom is -0.384 e. The summed E-state index contributed by atoms with van der Waals surface area (Å²) in [5, 5.41) is 11.5. The number of nitrogens with zero attached hydrogens (tertiary/aromatic N) is 3. The third kappa shape index (κ3) is 2.71. The summed E-state index contributed by atoms with van der Waals surface area (Å²) in [6, 6.07) is 7.65. The third-order valence-corrected chi connectivity index (χ3v) is 6.39. The number of hydrogen-bond acceptors (Lipinski definition) is 5. The van der Waals surface area contributed by atoms with Gasteiger partial charge in [0.25, 0.3) is 0 Å². The number of pyridine rings is 2. The highest BCUT2D eigenvalue weighted by Gasteiger charge is 2.48. The Bertz CT molecular complexity index is 1160. The SMILES string of the molecule is Cc1nc2ncc(-c3ccc4cc(C5(O)CC(C(F)F)C5)sc4n3)cc2[nH]1. The Balaban J connectivity index is 1.50. The molecular weight excluding hydrogens is 370 g/mol. The van der Waals surface area contributed by atoms with Crippen molar-refractivity contribution in [2.24, 2.45) is 5.92 Å². The van der Waals surface area contributed by atoms with Crippen LogP contribution in [0.15, 0.2) is 30.5 Å². The molecular formula is C19H16F2N4OS. The van der Waals surface area contributed by atoms with Gasteiger partial charge in [0.15, 0.2) is 5.65 Å². The Kier molecular flexibility index (Phi) is 3.57. The molecule has 1 aliphatic rings. The Labute approximate surface area is 157 Å². The van der Waals surface area contributed by atoms with Crippen LogP contribution in [0.5, 0.6) is 0 Å². The van der Waals surface area contributed by atoms with Crippen molar-refractivity contribution in [3.63, 3.8) is 0 Å². The van der Waals surface area contributed by atoms with Gasteiger partial charge in [0.1, 0.15) is 10.7 Å². The van der Waals surface area contributed by atoms with Crippen LogP contribution >= 0.6 is 11.3 Å². The number of aromatic amines is 1. The number of aliphatic hydroxyl groups is 1. The monoisotopic (exact) mass is 386 g/mol. The van der Waals surface area contributed by atoms with Crippen molar-refractivity contribution in [3.05, 3.63) is 41.2 Å². The van der Waals surface area contributed by atoms with E-state index in [-0.39, 0.29) is 12.8 Å². The molecule has 0 radical (unpaired) electrons. The van der Waals surface area contributed by atoms with E-state index >= 15 is 0 Å². The highest BCUT2D eigenvalue weighted by molar-refractivity contribution is 7.18. The molecule has 138 valence electrons. The lowest BCUT2D eigenvalue weighted by Gasteiger charge is -2.42. The zero-order valence-electron chi connectivity index (χ0n) is 14.4. The van der Waals surface area contributed by atoms with E-state index in [1.54, 1.807) is 6.20 Å². The van der Waals surface area contributed by atoms with Gasteiger partial charge in [-0.3, -0.25) is 0 Å². The molecule has 0 saturated heterocycles. The van der Waals surface area contributed by atoms with Gasteiger partial charge in [-0.25, -0.2) is 23.7 Å². The fourth-order valence-corrected chi connectivity index (χ4v) is 4.79. The van der Waals surface area contributed by atoms with Crippen molar-refractivity contribution >= 4 is 32.7 Å². The average molecular weight is 386 g/mol. The molecule has 1 fully saturated rings. The molecule has 4 aromatic heterocycles. The quantitative estimate of drug-likeness (QED) is 0.547. The summed E-state index contributed by atoms with van der Waals surface area (Å²) in [5.41, 5.74) is 1.99. The lowest BCUT2D eigenvalue weighted by molar-refractivity contribution is -0.124. The second kappa shape index (κ2) is 5.77. The number of rotatable bonds is 3. The molecule has 2 N–H and O–H groups in total. The van der Waals surface area contributed by atoms with Gasteiger partial charge in [0, 0.05) is 27.9 Å². The zero-order valence-corrected chi connectivity index (χ0v) is 15.2. The maximum absolute atomic E-state index is 12.8. The minimum atomic E-state index is -2.38. The molecule has 0 spiro atoms. The molecule has 5 rings (SSSR count). The molecule has 8 heteroatoms. The van der Waals surface area contributed by atoms with Crippen LogP contribution in [0, 0.1) is 12.8 Å². The van der Waals surface area contributed by atoms with Gasteiger partial charge in [0.05, 0.1) is 16.8 Å². The smallest absolute Gasteiger partial charge is 0.241 e. The van der Waals surface area contributed by atoms with E-state index in [1.807, 2.05) is 31.2 Å². The summed E-state index contributed by atoms with van der Waals surface area (Å²) in [7, 11) is 0. The Morgan fingerprint density at radius 3 is 2.85 bits per heavy atom. The first-order valence-corrected chi connectivity index (χ1v) is 9.47. The molecule has 1 saturated carbocycles. The summed E-state index contributed by atoms with van der Waals surface area (Å²) in [6.07, 6.45) is -0.440. The lowest BCUT2D eigenvalue weighted by atomic mass is 9.70. The molecule has 5 nitrogen and oxygen atoms in total. The fourth-order valence-electron chi connectivity index (χ4n) is 3.66. The molecule has 0 atom stereocenters. The van der Waals surface area contributed by atoms with Crippen molar-refractivity contribution in [1.29, 1.82) is 0 Å². The standard InChI is InChI=1S/C19H16F2N4OS/c1-9-23-14-4-11(8-22-17(14)24-9)13-3-2-10-5-15(27-18(10)25-13)19(26)6-12(7-19)16(20)21/h2-5,8,12,16,26H,6-7H2,1H3,(H,22,23,24). The normalized spacial score (nSPS) is 22.6. The second-order valence-corrected chi connectivity index (χ2v) is 8.18. The first-order valence-electron chi connectivity index (χ1n) is 8.66. The molecule has 1 aliphatic carbocycles. The fraction of sp³-hybridized carbons (Fsp3) is 0.316. The predicted molar refractivity (Wildman–Crippen MR) is 99.9 cm³/mol. The first kappa shape index (κ1) is 16.7. The van der Waals surface area contributed by atoms with Crippen LogP contribution in [0.3, 0.4) is 0 Å². The van der Waals surface area contributed by atoms with Crippen LogP contribution in [0.4, 0.5) is 8.78 Å². The van der Waals surface area contributed by atoms with Crippen molar-refractivity contribution in [1.82, 2.24) is 19.9 Å². The van der Waals surface area contributed by atoms with Crippen LogP contribution in [0.25, 0.3) is 32.6 Å². The van der Waals surface area contributed by atoms with Gasteiger partial charge < -0.3 is 10.1 Å². The summed E-state index contributed by atoms with van der Waals surface area (Å²) in [4.78, 5) is 18.0. The largest absolute Gasteiger partial charge is 0.384 e. The molecule has 0 amide bonds. The van der Waals surface area contributed by atoms with Gasteiger partial charge in [-0.05, 0) is 44.0 Å². The maximum atomic E-state index is 12.8. The Hall–Kier alpha value is -2.45. The first-order chi connectivity index (χ1) is 12.9. The Morgan fingerprint density at radius 1 is 1.26 bits per heavy atom. The summed E-state index contributed by atoms with van der Waals surface area (Å²) >= 11 is 1.36. The number of nitrogens with one attached hydrogen (secondary N) is 1. The van der Waals surface area contributed by atoms with Crippen LogP contribution in [0.1, 0.15) is 23.5 Å². The van der Waals surface area contributed by atoms with Gasteiger partial charge in [0.2, 0.25) is 6.43 Å². The van der Waals surface area contributed by atoms with Crippen molar-refractivity contribution in [3.8, 4) is 11.3 Å².